The molecule has 0 unspecified atom stereocenters. The molecule has 3 aromatic rings. The van der Waals surface area contributed by atoms with Crippen molar-refractivity contribution in [2.24, 2.45) is 0 Å². The minimum Gasteiger partial charge on any atom is -0.493 e. The van der Waals surface area contributed by atoms with E-state index in [1.165, 1.54) is 26.2 Å². The highest BCUT2D eigenvalue weighted by atomic mass is 79.9. The van der Waals surface area contributed by atoms with Crippen LogP contribution in [0.15, 0.2) is 57.4 Å². The van der Waals surface area contributed by atoms with Crippen molar-refractivity contribution < 1.29 is 23.1 Å². The summed E-state index contributed by atoms with van der Waals surface area (Å²) in [5.74, 6) is -0.264. The Bertz CT molecular complexity index is 1010. The molecule has 138 valence electrons. The molecule has 0 aliphatic heterocycles. The van der Waals surface area contributed by atoms with Gasteiger partial charge in [0.25, 0.3) is 5.91 Å². The first-order chi connectivity index (χ1) is 12.9. The molecule has 0 spiro atoms. The van der Waals surface area contributed by atoms with Gasteiger partial charge in [-0.15, -0.1) is 0 Å². The van der Waals surface area contributed by atoms with Gasteiger partial charge in [0.2, 0.25) is 0 Å². The molecule has 3 rings (SSSR count). The molecule has 0 saturated heterocycles. The van der Waals surface area contributed by atoms with E-state index in [0.29, 0.717) is 21.5 Å². The average molecular weight is 432 g/mol. The molecular weight excluding hydrogens is 417 g/mol. The zero-order valence-electron chi connectivity index (χ0n) is 14.5. The van der Waals surface area contributed by atoms with E-state index in [1.807, 2.05) is 0 Å². The first kappa shape index (κ1) is 18.8. The zero-order chi connectivity index (χ0) is 19.6. The van der Waals surface area contributed by atoms with Crippen LogP contribution in [-0.2, 0) is 0 Å². The van der Waals surface area contributed by atoms with Gasteiger partial charge < -0.3 is 14.5 Å². The molecule has 0 bridgehead atoms. The van der Waals surface area contributed by atoms with Crippen LogP contribution in [0, 0.1) is 5.82 Å². The van der Waals surface area contributed by atoms with E-state index >= 15 is 0 Å². The van der Waals surface area contributed by atoms with Gasteiger partial charge >= 0.3 is 0 Å². The molecule has 0 aliphatic rings. The average Bonchev–Trinajstić information content (AvgIpc) is 3.11. The van der Waals surface area contributed by atoms with Crippen molar-refractivity contribution in [1.82, 2.24) is 0 Å². The quantitative estimate of drug-likeness (QED) is 0.555. The highest BCUT2D eigenvalue weighted by molar-refractivity contribution is 9.10. The predicted molar refractivity (Wildman–Crippen MR) is 103 cm³/mol. The third kappa shape index (κ3) is 4.09. The summed E-state index contributed by atoms with van der Waals surface area (Å²) in [5.41, 5.74) is 1.50. The molecule has 27 heavy (non-hydrogen) atoms. The lowest BCUT2D eigenvalue weighted by Crippen LogP contribution is -2.12. The molecule has 1 N–H and O–H groups in total. The van der Waals surface area contributed by atoms with E-state index < -0.39 is 11.7 Å². The van der Waals surface area contributed by atoms with E-state index in [1.54, 1.807) is 30.3 Å². The standard InChI is InChI=1S/C20H15BrFNO4/c1-11(24)12-3-5-13(6-4-12)17-7-8-18(27-17)20(25)23-16-10-14(22)9-15(21)19(16)26-2/h3-10H,1-2H3,(H,23,25). The number of methoxy groups -OCH3 is 1. The van der Waals surface area contributed by atoms with Crippen LogP contribution >= 0.6 is 15.9 Å². The number of benzene rings is 2. The van der Waals surface area contributed by atoms with Gasteiger partial charge in [0.1, 0.15) is 11.6 Å². The Labute approximate surface area is 163 Å². The Hall–Kier alpha value is -2.93. The fourth-order valence-electron chi connectivity index (χ4n) is 2.53. The number of amides is 1. The summed E-state index contributed by atoms with van der Waals surface area (Å²) in [6.07, 6.45) is 0. The van der Waals surface area contributed by atoms with Gasteiger partial charge in [0.05, 0.1) is 17.3 Å². The molecule has 5 nitrogen and oxygen atoms in total. The lowest BCUT2D eigenvalue weighted by atomic mass is 10.1. The molecule has 0 radical (unpaired) electrons. The monoisotopic (exact) mass is 431 g/mol. The van der Waals surface area contributed by atoms with Crippen LogP contribution in [-0.4, -0.2) is 18.8 Å². The van der Waals surface area contributed by atoms with Crippen LogP contribution in [0.5, 0.6) is 5.75 Å². The number of furan rings is 1. The van der Waals surface area contributed by atoms with Crippen molar-refractivity contribution in [3.05, 3.63) is 70.1 Å². The number of anilines is 1. The van der Waals surface area contributed by atoms with Crippen molar-refractivity contribution in [3.8, 4) is 17.1 Å². The van der Waals surface area contributed by atoms with Crippen LogP contribution in [0.4, 0.5) is 10.1 Å². The smallest absolute Gasteiger partial charge is 0.291 e. The first-order valence-electron chi connectivity index (χ1n) is 7.94. The minimum atomic E-state index is -0.544. The van der Waals surface area contributed by atoms with Gasteiger partial charge in [-0.3, -0.25) is 9.59 Å². The summed E-state index contributed by atoms with van der Waals surface area (Å²) >= 11 is 3.19. The molecule has 1 heterocycles. The van der Waals surface area contributed by atoms with Crippen LogP contribution in [0.3, 0.4) is 0 Å². The maximum atomic E-state index is 13.6. The van der Waals surface area contributed by atoms with Gasteiger partial charge in [-0.25, -0.2) is 4.39 Å². The van der Waals surface area contributed by atoms with Gasteiger partial charge in [-0.2, -0.15) is 0 Å². The zero-order valence-corrected chi connectivity index (χ0v) is 16.1. The Morgan fingerprint density at radius 2 is 1.81 bits per heavy atom. The third-order valence-corrected chi connectivity index (χ3v) is 4.46. The van der Waals surface area contributed by atoms with Gasteiger partial charge in [-0.1, -0.05) is 24.3 Å². The number of hydrogen-bond acceptors (Lipinski definition) is 4. The second-order valence-electron chi connectivity index (χ2n) is 5.72. The predicted octanol–water partition coefficient (Wildman–Crippen LogP) is 5.31. The van der Waals surface area contributed by atoms with Crippen LogP contribution in [0.1, 0.15) is 27.8 Å². The summed E-state index contributed by atoms with van der Waals surface area (Å²) in [6.45, 7) is 1.49. The molecule has 1 aromatic heterocycles. The lowest BCUT2D eigenvalue weighted by Gasteiger charge is -2.11. The van der Waals surface area contributed by atoms with Crippen LogP contribution in [0.2, 0.25) is 0 Å². The summed E-state index contributed by atoms with van der Waals surface area (Å²) in [6, 6.07) is 12.4. The highest BCUT2D eigenvalue weighted by Crippen LogP contribution is 2.34. The van der Waals surface area contributed by atoms with Gasteiger partial charge in [0.15, 0.2) is 17.3 Å². The number of carbonyl (C=O) groups is 2. The second kappa shape index (κ2) is 7.75. The first-order valence-corrected chi connectivity index (χ1v) is 8.74. The van der Waals surface area contributed by atoms with Crippen LogP contribution in [0.25, 0.3) is 11.3 Å². The number of halogens is 2. The Balaban J connectivity index is 1.82. The Morgan fingerprint density at radius 1 is 1.11 bits per heavy atom. The molecule has 0 saturated carbocycles. The summed E-state index contributed by atoms with van der Waals surface area (Å²) < 4.78 is 24.8. The van der Waals surface area contributed by atoms with E-state index in [9.17, 15) is 14.0 Å². The van der Waals surface area contributed by atoms with Gasteiger partial charge in [0, 0.05) is 17.2 Å². The molecule has 0 aliphatic carbocycles. The highest BCUT2D eigenvalue weighted by Gasteiger charge is 2.17. The number of rotatable bonds is 5. The Morgan fingerprint density at radius 3 is 2.44 bits per heavy atom. The molecule has 0 fully saturated rings. The third-order valence-electron chi connectivity index (χ3n) is 3.87. The molecule has 7 heteroatoms. The SMILES string of the molecule is COc1c(Br)cc(F)cc1NC(=O)c1ccc(-c2ccc(C(C)=O)cc2)o1. The van der Waals surface area contributed by atoms with E-state index in [4.69, 9.17) is 9.15 Å². The minimum absolute atomic E-state index is 0.0312. The maximum Gasteiger partial charge on any atom is 0.291 e. The molecule has 1 amide bonds. The number of nitrogens with one attached hydrogen (secondary N) is 1. The van der Waals surface area contributed by atoms with Crippen molar-refractivity contribution in [1.29, 1.82) is 0 Å². The lowest BCUT2D eigenvalue weighted by molar-refractivity contribution is 0.0994. The number of carbonyl (C=O) groups excluding carboxylic acids is 2. The molecular formula is C20H15BrFNO4. The van der Waals surface area contributed by atoms with E-state index in [0.717, 1.165) is 11.6 Å². The summed E-state index contributed by atoms with van der Waals surface area (Å²) in [7, 11) is 1.42. The topological polar surface area (TPSA) is 68.5 Å². The number of ether oxygens (including phenoxy) is 1. The summed E-state index contributed by atoms with van der Waals surface area (Å²) in [5, 5.41) is 2.58. The fourth-order valence-corrected chi connectivity index (χ4v) is 3.12. The Kier molecular flexibility index (Phi) is 5.41. The van der Waals surface area contributed by atoms with Crippen molar-refractivity contribution in [3.63, 3.8) is 0 Å². The van der Waals surface area contributed by atoms with Crippen molar-refractivity contribution in [2.45, 2.75) is 6.92 Å². The second-order valence-corrected chi connectivity index (χ2v) is 6.57. The largest absolute Gasteiger partial charge is 0.493 e. The number of Topliss-reactive ketones (excluding diaryl/α,β-unsaturated/α-hetero) is 1. The van der Waals surface area contributed by atoms with Crippen LogP contribution < -0.4 is 10.1 Å². The molecule has 0 atom stereocenters. The molecule has 2 aromatic carbocycles. The van der Waals surface area contributed by atoms with Crippen molar-refractivity contribution >= 4 is 33.3 Å². The summed E-state index contributed by atoms with van der Waals surface area (Å²) in [4.78, 5) is 23.8. The van der Waals surface area contributed by atoms with E-state index in [2.05, 4.69) is 21.2 Å². The maximum absolute atomic E-state index is 13.6. The van der Waals surface area contributed by atoms with E-state index in [-0.39, 0.29) is 17.2 Å². The normalized spacial score (nSPS) is 10.5. The number of hydrogen-bond donors (Lipinski definition) is 1. The van der Waals surface area contributed by atoms with Crippen molar-refractivity contribution in [2.75, 3.05) is 12.4 Å². The number of ketones is 1. The van der Waals surface area contributed by atoms with Gasteiger partial charge in [-0.05, 0) is 41.1 Å². The fraction of sp³-hybridized carbons (Fsp3) is 0.100.